The Morgan fingerprint density at radius 3 is 2.76 bits per heavy atom. The highest BCUT2D eigenvalue weighted by atomic mass is 16.5. The molecule has 4 heteroatoms. The number of aliphatic hydroxyl groups excluding tert-OH is 1. The van der Waals surface area contributed by atoms with Crippen LogP contribution in [0.15, 0.2) is 18.2 Å². The molecule has 0 heterocycles. The second-order valence-electron chi connectivity index (χ2n) is 5.76. The fourth-order valence-electron chi connectivity index (χ4n) is 3.13. The number of hydrogen-bond acceptors (Lipinski definition) is 4. The first kappa shape index (κ1) is 15.8. The quantitative estimate of drug-likeness (QED) is 0.844. The molecule has 1 saturated carbocycles. The van der Waals surface area contributed by atoms with Crippen molar-refractivity contribution in [3.8, 4) is 11.8 Å². The molecule has 21 heavy (non-hydrogen) atoms. The van der Waals surface area contributed by atoms with Crippen LogP contribution in [0.3, 0.4) is 0 Å². The van der Waals surface area contributed by atoms with Crippen molar-refractivity contribution in [3.63, 3.8) is 0 Å². The lowest BCUT2D eigenvalue weighted by atomic mass is 9.79. The molecule has 2 N–H and O–H groups in total. The van der Waals surface area contributed by atoms with Gasteiger partial charge in [-0.1, -0.05) is 18.9 Å². The van der Waals surface area contributed by atoms with Gasteiger partial charge >= 0.3 is 0 Å². The van der Waals surface area contributed by atoms with Crippen LogP contribution in [0, 0.1) is 23.2 Å². The number of ether oxygens (including phenoxy) is 1. The van der Waals surface area contributed by atoms with Crippen molar-refractivity contribution in [2.45, 2.75) is 32.2 Å². The molecule has 0 saturated heterocycles. The van der Waals surface area contributed by atoms with Gasteiger partial charge in [0.05, 0.1) is 12.7 Å². The summed E-state index contributed by atoms with van der Waals surface area (Å²) in [7, 11) is 1.58. The molecule has 0 amide bonds. The number of nitriles is 1. The van der Waals surface area contributed by atoms with E-state index >= 15 is 0 Å². The van der Waals surface area contributed by atoms with E-state index in [4.69, 9.17) is 10.00 Å². The van der Waals surface area contributed by atoms with Crippen LogP contribution in [0.25, 0.3) is 0 Å². The van der Waals surface area contributed by atoms with Crippen LogP contribution in [0.2, 0.25) is 0 Å². The Labute approximate surface area is 126 Å². The van der Waals surface area contributed by atoms with Gasteiger partial charge in [0.2, 0.25) is 0 Å². The summed E-state index contributed by atoms with van der Waals surface area (Å²) >= 11 is 0. The van der Waals surface area contributed by atoms with Crippen molar-refractivity contribution in [2.75, 3.05) is 20.3 Å². The van der Waals surface area contributed by atoms with E-state index in [2.05, 4.69) is 11.4 Å². The van der Waals surface area contributed by atoms with Crippen LogP contribution in [0.4, 0.5) is 0 Å². The largest absolute Gasteiger partial charge is 0.495 e. The number of nitrogens with one attached hydrogen (secondary N) is 1. The summed E-state index contributed by atoms with van der Waals surface area (Å²) < 4.78 is 5.22. The van der Waals surface area contributed by atoms with Crippen LogP contribution < -0.4 is 10.1 Å². The molecular formula is C17H24N2O2. The van der Waals surface area contributed by atoms with Gasteiger partial charge in [-0.2, -0.15) is 5.26 Å². The molecule has 0 aromatic heterocycles. The van der Waals surface area contributed by atoms with E-state index in [1.165, 1.54) is 19.3 Å². The predicted molar refractivity (Wildman–Crippen MR) is 81.9 cm³/mol. The Balaban J connectivity index is 1.87. The smallest absolute Gasteiger partial charge is 0.136 e. The Bertz CT molecular complexity index is 496. The van der Waals surface area contributed by atoms with Gasteiger partial charge in [0.1, 0.15) is 11.8 Å². The minimum Gasteiger partial charge on any atom is -0.495 e. The first-order valence-electron chi connectivity index (χ1n) is 7.67. The standard InChI is InChI=1S/C17H24N2O2/c1-21-17-8-13(6-7-14(17)9-18)10-19-11-15-4-2-3-5-16(15)12-20/h6-8,15-16,19-20H,2-5,10-12H2,1H3. The van der Waals surface area contributed by atoms with Crippen LogP contribution in [0.1, 0.15) is 36.8 Å². The molecule has 1 aromatic carbocycles. The highest BCUT2D eigenvalue weighted by Crippen LogP contribution is 2.29. The number of benzene rings is 1. The summed E-state index contributed by atoms with van der Waals surface area (Å²) in [6.07, 6.45) is 4.87. The van der Waals surface area contributed by atoms with E-state index in [-0.39, 0.29) is 0 Å². The SMILES string of the molecule is COc1cc(CNCC2CCCCC2CO)ccc1C#N. The molecular weight excluding hydrogens is 264 g/mol. The summed E-state index contributed by atoms with van der Waals surface area (Å²) in [5, 5.41) is 21.9. The lowest BCUT2D eigenvalue weighted by Gasteiger charge is -2.30. The number of hydrogen-bond donors (Lipinski definition) is 2. The van der Waals surface area contributed by atoms with Crippen molar-refractivity contribution in [2.24, 2.45) is 11.8 Å². The first-order chi connectivity index (χ1) is 10.3. The molecule has 1 aliphatic carbocycles. The lowest BCUT2D eigenvalue weighted by Crippen LogP contribution is -2.32. The summed E-state index contributed by atoms with van der Waals surface area (Å²) in [4.78, 5) is 0. The molecule has 114 valence electrons. The van der Waals surface area contributed by atoms with Gasteiger partial charge in [-0.3, -0.25) is 0 Å². The van der Waals surface area contributed by atoms with Crippen molar-refractivity contribution < 1.29 is 9.84 Å². The zero-order valence-corrected chi connectivity index (χ0v) is 12.6. The molecule has 0 radical (unpaired) electrons. The number of methoxy groups -OCH3 is 1. The predicted octanol–water partition coefficient (Wildman–Crippen LogP) is 2.46. The van der Waals surface area contributed by atoms with E-state index < -0.39 is 0 Å². The number of aliphatic hydroxyl groups is 1. The van der Waals surface area contributed by atoms with E-state index in [1.54, 1.807) is 13.2 Å². The molecule has 2 unspecified atom stereocenters. The minimum atomic E-state index is 0.303. The Morgan fingerprint density at radius 1 is 1.33 bits per heavy atom. The lowest BCUT2D eigenvalue weighted by molar-refractivity contribution is 0.133. The zero-order valence-electron chi connectivity index (χ0n) is 12.6. The fraction of sp³-hybridized carbons (Fsp3) is 0.588. The van der Waals surface area contributed by atoms with Gasteiger partial charge in [0, 0.05) is 13.2 Å². The van der Waals surface area contributed by atoms with Gasteiger partial charge in [-0.25, -0.2) is 0 Å². The number of nitrogens with zero attached hydrogens (tertiary/aromatic N) is 1. The minimum absolute atomic E-state index is 0.303. The third kappa shape index (κ3) is 4.20. The first-order valence-corrected chi connectivity index (χ1v) is 7.67. The molecule has 2 atom stereocenters. The highest BCUT2D eigenvalue weighted by Gasteiger charge is 2.23. The normalized spacial score (nSPS) is 21.8. The fourth-order valence-corrected chi connectivity index (χ4v) is 3.13. The maximum Gasteiger partial charge on any atom is 0.136 e. The van der Waals surface area contributed by atoms with Gasteiger partial charge in [0.25, 0.3) is 0 Å². The second-order valence-corrected chi connectivity index (χ2v) is 5.76. The average Bonchev–Trinajstić information content (AvgIpc) is 2.55. The highest BCUT2D eigenvalue weighted by molar-refractivity contribution is 5.45. The van der Waals surface area contributed by atoms with Crippen LogP contribution in [-0.4, -0.2) is 25.4 Å². The van der Waals surface area contributed by atoms with Gasteiger partial charge in [0.15, 0.2) is 0 Å². The van der Waals surface area contributed by atoms with E-state index in [9.17, 15) is 5.11 Å². The van der Waals surface area contributed by atoms with Crippen molar-refractivity contribution >= 4 is 0 Å². The van der Waals surface area contributed by atoms with Crippen LogP contribution in [-0.2, 0) is 6.54 Å². The van der Waals surface area contributed by atoms with Crippen LogP contribution >= 0.6 is 0 Å². The Morgan fingerprint density at radius 2 is 2.10 bits per heavy atom. The van der Waals surface area contributed by atoms with E-state index in [0.717, 1.165) is 25.1 Å². The molecule has 0 bridgehead atoms. The summed E-state index contributed by atoms with van der Waals surface area (Å²) in [6, 6.07) is 7.79. The second kappa shape index (κ2) is 8.02. The van der Waals surface area contributed by atoms with Gasteiger partial charge in [-0.15, -0.1) is 0 Å². The van der Waals surface area contributed by atoms with Gasteiger partial charge in [-0.05, 0) is 48.9 Å². The topological polar surface area (TPSA) is 65.3 Å². The maximum atomic E-state index is 9.43. The average molecular weight is 288 g/mol. The molecule has 1 fully saturated rings. The Kier molecular flexibility index (Phi) is 6.04. The molecule has 1 aromatic rings. The molecule has 1 aliphatic rings. The summed E-state index contributed by atoms with van der Waals surface area (Å²) in [5.41, 5.74) is 1.68. The third-order valence-electron chi connectivity index (χ3n) is 4.42. The Hall–Kier alpha value is -1.57. The maximum absolute atomic E-state index is 9.43. The summed E-state index contributed by atoms with van der Waals surface area (Å²) in [6.45, 7) is 2.00. The van der Waals surface area contributed by atoms with E-state index in [0.29, 0.717) is 29.8 Å². The zero-order chi connectivity index (χ0) is 15.1. The number of rotatable bonds is 6. The van der Waals surface area contributed by atoms with Crippen molar-refractivity contribution in [1.82, 2.24) is 5.32 Å². The van der Waals surface area contributed by atoms with E-state index in [1.807, 2.05) is 12.1 Å². The summed E-state index contributed by atoms with van der Waals surface area (Å²) in [5.74, 6) is 1.65. The van der Waals surface area contributed by atoms with Gasteiger partial charge < -0.3 is 15.2 Å². The molecule has 0 spiro atoms. The molecule has 4 nitrogen and oxygen atoms in total. The van der Waals surface area contributed by atoms with Crippen molar-refractivity contribution in [1.29, 1.82) is 5.26 Å². The van der Waals surface area contributed by atoms with Crippen molar-refractivity contribution in [3.05, 3.63) is 29.3 Å². The van der Waals surface area contributed by atoms with Crippen LogP contribution in [0.5, 0.6) is 5.75 Å². The molecule has 0 aliphatic heterocycles. The monoisotopic (exact) mass is 288 g/mol. The molecule has 2 rings (SSSR count). The third-order valence-corrected chi connectivity index (χ3v) is 4.42.